The van der Waals surface area contributed by atoms with Gasteiger partial charge in [0.1, 0.15) is 0 Å². The molecule has 130 valence electrons. The molecule has 2 aromatic carbocycles. The van der Waals surface area contributed by atoms with Crippen LogP contribution in [0.5, 0.6) is 0 Å². The highest BCUT2D eigenvalue weighted by Crippen LogP contribution is 2.27. The van der Waals surface area contributed by atoms with Crippen LogP contribution in [0, 0.1) is 6.92 Å². The van der Waals surface area contributed by atoms with Crippen LogP contribution in [-0.4, -0.2) is 14.8 Å². The third kappa shape index (κ3) is 3.16. The molecule has 0 unspecified atom stereocenters. The van der Waals surface area contributed by atoms with Gasteiger partial charge in [0.05, 0.1) is 21.6 Å². The highest BCUT2D eigenvalue weighted by molar-refractivity contribution is 7.20. The van der Waals surface area contributed by atoms with Gasteiger partial charge >= 0.3 is 5.56 Å². The monoisotopic (exact) mass is 403 g/mol. The number of azo groups is 1. The van der Waals surface area contributed by atoms with E-state index in [-0.39, 0.29) is 11.2 Å². The Hall–Kier alpha value is -2.48. The standard InChI is InChI=1S/C17H11Cl2N5OS/c1-9-15(22-21-12-5-2-10(18)3-6-12)16(25)24(23-9)17-20-13-7-4-11(19)8-14(13)26-17/h2-8,23H,1H3. The summed E-state index contributed by atoms with van der Waals surface area (Å²) in [5.74, 6) is 0. The fraction of sp³-hybridized carbons (Fsp3) is 0.0588. The number of hydrogen-bond acceptors (Lipinski definition) is 5. The van der Waals surface area contributed by atoms with Gasteiger partial charge in [-0.2, -0.15) is 9.80 Å². The lowest BCUT2D eigenvalue weighted by Crippen LogP contribution is -2.13. The number of aromatic nitrogens is 3. The minimum atomic E-state index is -0.314. The zero-order valence-electron chi connectivity index (χ0n) is 13.4. The first-order valence-corrected chi connectivity index (χ1v) is 9.14. The molecular weight excluding hydrogens is 393 g/mol. The van der Waals surface area contributed by atoms with Gasteiger partial charge in [0.25, 0.3) is 0 Å². The van der Waals surface area contributed by atoms with Crippen molar-refractivity contribution in [2.75, 3.05) is 0 Å². The zero-order valence-corrected chi connectivity index (χ0v) is 15.7. The molecule has 9 heteroatoms. The average Bonchev–Trinajstić information content (AvgIpc) is 3.15. The first-order valence-electron chi connectivity index (χ1n) is 7.56. The summed E-state index contributed by atoms with van der Waals surface area (Å²) in [6.07, 6.45) is 0. The number of rotatable bonds is 3. The number of thiazole rings is 1. The fourth-order valence-electron chi connectivity index (χ4n) is 2.39. The number of fused-ring (bicyclic) bond motifs is 1. The second-order valence-corrected chi connectivity index (χ2v) is 7.39. The van der Waals surface area contributed by atoms with Crippen LogP contribution in [0.25, 0.3) is 15.3 Å². The second-order valence-electron chi connectivity index (χ2n) is 5.51. The molecular formula is C17H11Cl2N5OS. The van der Waals surface area contributed by atoms with Crippen LogP contribution in [0.2, 0.25) is 10.0 Å². The SMILES string of the molecule is Cc1[nH]n(-c2nc3ccc(Cl)cc3s2)c(=O)c1N=Nc1ccc(Cl)cc1. The van der Waals surface area contributed by atoms with Crippen LogP contribution in [0.1, 0.15) is 5.69 Å². The van der Waals surface area contributed by atoms with Crippen molar-refractivity contribution in [2.24, 2.45) is 10.2 Å². The van der Waals surface area contributed by atoms with Crippen LogP contribution < -0.4 is 5.56 Å². The van der Waals surface area contributed by atoms with Crippen molar-refractivity contribution in [3.63, 3.8) is 0 Å². The van der Waals surface area contributed by atoms with E-state index in [4.69, 9.17) is 23.2 Å². The summed E-state index contributed by atoms with van der Waals surface area (Å²) in [5.41, 5.74) is 1.90. The molecule has 0 aliphatic rings. The van der Waals surface area contributed by atoms with E-state index >= 15 is 0 Å². The Bertz CT molecular complexity index is 1190. The average molecular weight is 404 g/mol. The minimum Gasteiger partial charge on any atom is -0.291 e. The van der Waals surface area contributed by atoms with Gasteiger partial charge in [-0.15, -0.1) is 5.11 Å². The Morgan fingerprint density at radius 3 is 2.58 bits per heavy atom. The molecule has 0 bridgehead atoms. The molecule has 4 aromatic rings. The molecule has 0 saturated heterocycles. The van der Waals surface area contributed by atoms with Gasteiger partial charge < -0.3 is 0 Å². The van der Waals surface area contributed by atoms with Gasteiger partial charge in [0.2, 0.25) is 5.13 Å². The van der Waals surface area contributed by atoms with Crippen molar-refractivity contribution >= 4 is 56.1 Å². The highest BCUT2D eigenvalue weighted by atomic mass is 35.5. The minimum absolute atomic E-state index is 0.234. The normalized spacial score (nSPS) is 11.7. The van der Waals surface area contributed by atoms with Crippen LogP contribution in [0.15, 0.2) is 57.5 Å². The maximum absolute atomic E-state index is 12.7. The van der Waals surface area contributed by atoms with E-state index in [0.717, 1.165) is 10.2 Å². The quantitative estimate of drug-likeness (QED) is 0.438. The van der Waals surface area contributed by atoms with Crippen molar-refractivity contribution in [3.05, 3.63) is 68.6 Å². The fourth-order valence-corrected chi connectivity index (χ4v) is 3.72. The lowest BCUT2D eigenvalue weighted by Gasteiger charge is -1.92. The molecule has 6 nitrogen and oxygen atoms in total. The molecule has 0 aliphatic heterocycles. The lowest BCUT2D eigenvalue weighted by atomic mass is 10.3. The molecule has 1 N–H and O–H groups in total. The largest absolute Gasteiger partial charge is 0.301 e. The number of nitrogens with zero attached hydrogens (tertiary/aromatic N) is 4. The van der Waals surface area contributed by atoms with Crippen molar-refractivity contribution in [2.45, 2.75) is 6.92 Å². The van der Waals surface area contributed by atoms with E-state index in [1.165, 1.54) is 16.0 Å². The number of aromatic amines is 1. The van der Waals surface area contributed by atoms with Crippen molar-refractivity contribution in [1.29, 1.82) is 0 Å². The predicted molar refractivity (Wildman–Crippen MR) is 105 cm³/mol. The summed E-state index contributed by atoms with van der Waals surface area (Å²) in [4.78, 5) is 17.2. The van der Waals surface area contributed by atoms with Crippen molar-refractivity contribution in [3.8, 4) is 5.13 Å². The van der Waals surface area contributed by atoms with Crippen LogP contribution >= 0.6 is 34.5 Å². The Morgan fingerprint density at radius 1 is 1.08 bits per heavy atom. The maximum atomic E-state index is 12.7. The number of nitrogens with one attached hydrogen (secondary N) is 1. The zero-order chi connectivity index (χ0) is 18.3. The molecule has 4 rings (SSSR count). The van der Waals surface area contributed by atoms with E-state index in [1.807, 2.05) is 12.1 Å². The summed E-state index contributed by atoms with van der Waals surface area (Å²) in [6, 6.07) is 12.3. The van der Waals surface area contributed by atoms with Crippen LogP contribution in [-0.2, 0) is 0 Å². The van der Waals surface area contributed by atoms with E-state index in [1.54, 1.807) is 37.3 Å². The lowest BCUT2D eigenvalue weighted by molar-refractivity contribution is 0.829. The Kier molecular flexibility index (Phi) is 4.36. The molecule has 0 fully saturated rings. The van der Waals surface area contributed by atoms with Gasteiger partial charge in [-0.3, -0.25) is 9.89 Å². The van der Waals surface area contributed by atoms with Gasteiger partial charge in [-0.1, -0.05) is 34.5 Å². The highest BCUT2D eigenvalue weighted by Gasteiger charge is 2.15. The smallest absolute Gasteiger partial charge is 0.291 e. The predicted octanol–water partition coefficient (Wildman–Crippen LogP) is 5.81. The number of benzene rings is 2. The number of H-pyrrole nitrogens is 1. The first kappa shape index (κ1) is 17.0. The molecule has 0 atom stereocenters. The number of aryl methyl sites for hydroxylation is 1. The molecule has 2 heterocycles. The number of halogens is 2. The van der Waals surface area contributed by atoms with E-state index in [0.29, 0.717) is 26.6 Å². The molecule has 0 amide bonds. The molecule has 0 spiro atoms. The third-order valence-corrected chi connectivity index (χ3v) is 5.15. The van der Waals surface area contributed by atoms with Crippen molar-refractivity contribution < 1.29 is 0 Å². The summed E-state index contributed by atoms with van der Waals surface area (Å²) in [6.45, 7) is 1.76. The van der Waals surface area contributed by atoms with Gasteiger partial charge in [-0.25, -0.2) is 4.98 Å². The summed E-state index contributed by atoms with van der Waals surface area (Å²) >= 11 is 13.2. The summed E-state index contributed by atoms with van der Waals surface area (Å²) < 4.78 is 2.26. The Labute approximate surface area is 161 Å². The summed E-state index contributed by atoms with van der Waals surface area (Å²) in [5, 5.41) is 12.9. The van der Waals surface area contributed by atoms with E-state index in [2.05, 4.69) is 20.3 Å². The molecule has 2 aromatic heterocycles. The number of hydrogen-bond donors (Lipinski definition) is 1. The topological polar surface area (TPSA) is 75.4 Å². The van der Waals surface area contributed by atoms with E-state index < -0.39 is 0 Å². The van der Waals surface area contributed by atoms with Gasteiger partial charge in [0, 0.05) is 10.0 Å². The first-order chi connectivity index (χ1) is 12.5. The Morgan fingerprint density at radius 2 is 1.81 bits per heavy atom. The van der Waals surface area contributed by atoms with Crippen LogP contribution in [0.3, 0.4) is 0 Å². The summed E-state index contributed by atoms with van der Waals surface area (Å²) in [7, 11) is 0. The van der Waals surface area contributed by atoms with Gasteiger partial charge in [0.15, 0.2) is 5.69 Å². The van der Waals surface area contributed by atoms with Crippen LogP contribution in [0.4, 0.5) is 11.4 Å². The van der Waals surface area contributed by atoms with Crippen molar-refractivity contribution in [1.82, 2.24) is 14.8 Å². The molecule has 26 heavy (non-hydrogen) atoms. The molecule has 0 radical (unpaired) electrons. The van der Waals surface area contributed by atoms with Gasteiger partial charge in [-0.05, 0) is 49.4 Å². The second kappa shape index (κ2) is 6.68. The maximum Gasteiger partial charge on any atom is 0.301 e. The molecule has 0 saturated carbocycles. The molecule has 0 aliphatic carbocycles. The third-order valence-electron chi connectivity index (χ3n) is 3.66. The van der Waals surface area contributed by atoms with E-state index in [9.17, 15) is 4.79 Å². The Balaban J connectivity index is 1.73.